The van der Waals surface area contributed by atoms with E-state index in [-0.39, 0.29) is 23.5 Å². The maximum absolute atomic E-state index is 13.4. The number of rotatable bonds is 1. The summed E-state index contributed by atoms with van der Waals surface area (Å²) in [5, 5.41) is 9.70. The second-order valence-electron chi connectivity index (χ2n) is 10.2. The third kappa shape index (κ3) is 2.83. The lowest BCUT2D eigenvalue weighted by Crippen LogP contribution is -2.61. The Morgan fingerprint density at radius 2 is 1.93 bits per heavy atom. The summed E-state index contributed by atoms with van der Waals surface area (Å²) in [6, 6.07) is 0. The van der Waals surface area contributed by atoms with E-state index in [9.17, 15) is 19.5 Å². The molecule has 1 aliphatic carbocycles. The molecule has 3 aliphatic heterocycles. The van der Waals surface area contributed by atoms with Gasteiger partial charge in [-0.1, -0.05) is 46.3 Å². The van der Waals surface area contributed by atoms with Crippen LogP contribution >= 0.6 is 0 Å². The molecule has 3 heterocycles. The normalized spacial score (nSPS) is 46.4. The van der Waals surface area contributed by atoms with Gasteiger partial charge in [0.25, 0.3) is 0 Å². The summed E-state index contributed by atoms with van der Waals surface area (Å²) in [4.78, 5) is 38.4. The van der Waals surface area contributed by atoms with Crippen molar-refractivity contribution in [3.8, 4) is 0 Å². The second-order valence-corrected chi connectivity index (χ2v) is 10.2. The number of carbonyl (C=O) groups is 3. The number of fused-ring (bicyclic) bond motifs is 1. The summed E-state index contributed by atoms with van der Waals surface area (Å²) in [7, 11) is 0. The molecule has 0 unspecified atom stereocenters. The molecule has 0 aromatic carbocycles. The molecule has 6 nitrogen and oxygen atoms in total. The van der Waals surface area contributed by atoms with Gasteiger partial charge in [0.1, 0.15) is 11.7 Å². The van der Waals surface area contributed by atoms with E-state index in [1.54, 1.807) is 13.0 Å². The average molecular weight is 417 g/mol. The molecule has 2 bridgehead atoms. The van der Waals surface area contributed by atoms with Crippen molar-refractivity contribution < 1.29 is 29.0 Å². The van der Waals surface area contributed by atoms with E-state index < -0.39 is 35.2 Å². The Morgan fingerprint density at radius 3 is 2.60 bits per heavy atom. The summed E-state index contributed by atoms with van der Waals surface area (Å²) in [6.07, 6.45) is 4.42. The SMILES string of the molecule is C=C1C(=O)[C@@]2(C)C(=O)O[C@@]34C[C@H](C)C(C(=O)O)=C[C@@H]3CCC[C@@H](C)C[C@@H](C)[C@H]1O[C@@H]24. The topological polar surface area (TPSA) is 89.9 Å². The fraction of sp³-hybridized carbons (Fsp3) is 0.708. The summed E-state index contributed by atoms with van der Waals surface area (Å²) in [5.41, 5.74) is -1.75. The molecule has 3 saturated heterocycles. The number of carboxylic acid groups (broad SMARTS) is 1. The number of carbonyl (C=O) groups excluding carboxylic acids is 2. The fourth-order valence-electron chi connectivity index (χ4n) is 6.41. The van der Waals surface area contributed by atoms with Crippen molar-refractivity contribution in [1.29, 1.82) is 0 Å². The van der Waals surface area contributed by atoms with E-state index in [0.29, 0.717) is 29.9 Å². The molecule has 0 amide bonds. The molecule has 164 valence electrons. The van der Waals surface area contributed by atoms with Crippen LogP contribution in [-0.4, -0.2) is 40.6 Å². The minimum atomic E-state index is -1.43. The number of hydrogen-bond acceptors (Lipinski definition) is 5. The monoisotopic (exact) mass is 416 g/mol. The third-order valence-corrected chi connectivity index (χ3v) is 7.98. The van der Waals surface area contributed by atoms with Crippen molar-refractivity contribution >= 4 is 17.7 Å². The Morgan fingerprint density at radius 1 is 1.23 bits per heavy atom. The molecule has 1 spiro atoms. The first-order valence-corrected chi connectivity index (χ1v) is 11.1. The average Bonchev–Trinajstić information content (AvgIpc) is 2.86. The third-order valence-electron chi connectivity index (χ3n) is 7.98. The van der Waals surface area contributed by atoms with Crippen LogP contribution in [0.5, 0.6) is 0 Å². The predicted molar refractivity (Wildman–Crippen MR) is 110 cm³/mol. The summed E-state index contributed by atoms with van der Waals surface area (Å²) in [5.74, 6) is -1.86. The second kappa shape index (κ2) is 7.04. The number of aliphatic carboxylic acids is 1. The smallest absolute Gasteiger partial charge is 0.331 e. The van der Waals surface area contributed by atoms with Crippen LogP contribution in [0.3, 0.4) is 0 Å². The Balaban J connectivity index is 1.88. The zero-order valence-electron chi connectivity index (χ0n) is 18.3. The molecule has 3 fully saturated rings. The zero-order chi connectivity index (χ0) is 22.0. The van der Waals surface area contributed by atoms with Crippen LogP contribution in [0.2, 0.25) is 0 Å². The number of esters is 1. The molecule has 6 heteroatoms. The molecule has 4 rings (SSSR count). The van der Waals surface area contributed by atoms with Crippen LogP contribution in [0, 0.1) is 29.1 Å². The van der Waals surface area contributed by atoms with Gasteiger partial charge >= 0.3 is 11.9 Å². The first-order valence-electron chi connectivity index (χ1n) is 11.1. The molecular weight excluding hydrogens is 384 g/mol. The minimum Gasteiger partial charge on any atom is -0.478 e. The lowest BCUT2D eigenvalue weighted by Gasteiger charge is -2.48. The zero-order valence-corrected chi connectivity index (χ0v) is 18.3. The molecule has 30 heavy (non-hydrogen) atoms. The lowest BCUT2D eigenvalue weighted by molar-refractivity contribution is -0.176. The van der Waals surface area contributed by atoms with E-state index in [2.05, 4.69) is 20.4 Å². The number of ether oxygens (including phenoxy) is 2. The lowest BCUT2D eigenvalue weighted by atomic mass is 9.61. The van der Waals surface area contributed by atoms with Crippen molar-refractivity contribution in [2.75, 3.05) is 0 Å². The van der Waals surface area contributed by atoms with Crippen LogP contribution in [0.15, 0.2) is 23.8 Å². The van der Waals surface area contributed by atoms with E-state index >= 15 is 0 Å². The van der Waals surface area contributed by atoms with Gasteiger partial charge in [-0.15, -0.1) is 0 Å². The van der Waals surface area contributed by atoms with E-state index in [1.165, 1.54) is 0 Å². The van der Waals surface area contributed by atoms with Crippen LogP contribution in [0.1, 0.15) is 59.8 Å². The van der Waals surface area contributed by atoms with E-state index in [1.807, 2.05) is 6.92 Å². The highest BCUT2D eigenvalue weighted by atomic mass is 16.6. The van der Waals surface area contributed by atoms with Gasteiger partial charge < -0.3 is 14.6 Å². The highest BCUT2D eigenvalue weighted by molar-refractivity contribution is 6.14. The Kier molecular flexibility index (Phi) is 5.00. The van der Waals surface area contributed by atoms with Crippen LogP contribution in [-0.2, 0) is 23.9 Å². The summed E-state index contributed by atoms with van der Waals surface area (Å²) in [6.45, 7) is 11.7. The molecule has 1 N–H and O–H groups in total. The predicted octanol–water partition coefficient (Wildman–Crippen LogP) is 3.69. The van der Waals surface area contributed by atoms with Crippen LogP contribution in [0.25, 0.3) is 0 Å². The van der Waals surface area contributed by atoms with Crippen LogP contribution in [0.4, 0.5) is 0 Å². The Hall–Kier alpha value is -1.95. The molecule has 0 aromatic rings. The van der Waals surface area contributed by atoms with Crippen LogP contribution < -0.4 is 0 Å². The molecule has 0 saturated carbocycles. The van der Waals surface area contributed by atoms with Crippen molar-refractivity contribution in [2.45, 2.75) is 77.6 Å². The number of hydrogen-bond donors (Lipinski definition) is 1. The van der Waals surface area contributed by atoms with Gasteiger partial charge in [-0.05, 0) is 43.9 Å². The van der Waals surface area contributed by atoms with Gasteiger partial charge in [-0.25, -0.2) is 4.79 Å². The van der Waals surface area contributed by atoms with Gasteiger partial charge in [-0.2, -0.15) is 0 Å². The Bertz CT molecular complexity index is 843. The van der Waals surface area contributed by atoms with Crippen molar-refractivity contribution in [1.82, 2.24) is 0 Å². The molecular formula is C24H32O6. The highest BCUT2D eigenvalue weighted by Gasteiger charge is 2.72. The first-order chi connectivity index (χ1) is 14.0. The molecule has 8 atom stereocenters. The standard InChI is InChI=1S/C24H32O6/c1-12-7-6-8-16-10-17(20(26)27)14(3)11-24(16)21-23(5,22(28)30-24)19(25)15(4)18(29-21)13(2)9-12/h10,12-14,16,18,21H,4,6-9,11H2,1-3,5H3,(H,26,27)/t12-,13-,14+,16+,18-,21+,23-,24+/m1/s1. The maximum Gasteiger partial charge on any atom is 0.331 e. The number of carboxylic acids is 1. The largest absolute Gasteiger partial charge is 0.478 e. The summed E-state index contributed by atoms with van der Waals surface area (Å²) >= 11 is 0. The number of Topliss-reactive ketones (excluding diaryl/α,β-unsaturated/α-hetero) is 1. The molecule has 4 aliphatic rings. The van der Waals surface area contributed by atoms with E-state index in [0.717, 1.165) is 19.3 Å². The molecule has 0 radical (unpaired) electrons. The van der Waals surface area contributed by atoms with Crippen molar-refractivity contribution in [3.63, 3.8) is 0 Å². The van der Waals surface area contributed by atoms with Gasteiger partial charge in [0.2, 0.25) is 0 Å². The van der Waals surface area contributed by atoms with Gasteiger partial charge in [0, 0.05) is 17.1 Å². The quantitative estimate of drug-likeness (QED) is 0.398. The first kappa shape index (κ1) is 21.3. The van der Waals surface area contributed by atoms with Gasteiger partial charge in [0.15, 0.2) is 11.2 Å². The highest BCUT2D eigenvalue weighted by Crippen LogP contribution is 2.58. The van der Waals surface area contributed by atoms with Crippen molar-refractivity contribution in [2.24, 2.45) is 29.1 Å². The van der Waals surface area contributed by atoms with E-state index in [4.69, 9.17) is 9.47 Å². The number of ketones is 1. The summed E-state index contributed by atoms with van der Waals surface area (Å²) < 4.78 is 12.7. The molecule has 0 aromatic heterocycles. The van der Waals surface area contributed by atoms with Gasteiger partial charge in [-0.3, -0.25) is 9.59 Å². The fourth-order valence-corrected chi connectivity index (χ4v) is 6.41. The Labute approximate surface area is 177 Å². The minimum absolute atomic E-state index is 0.0939. The maximum atomic E-state index is 13.4. The van der Waals surface area contributed by atoms with Crippen molar-refractivity contribution in [3.05, 3.63) is 23.8 Å². The van der Waals surface area contributed by atoms with Gasteiger partial charge in [0.05, 0.1) is 6.10 Å².